The van der Waals surface area contributed by atoms with Crippen molar-refractivity contribution in [2.75, 3.05) is 39.8 Å². The number of hydrogen-bond acceptors (Lipinski definition) is 3. The Kier molecular flexibility index (Phi) is 5.45. The van der Waals surface area contributed by atoms with Crippen LogP contribution in [0.25, 0.3) is 0 Å². The van der Waals surface area contributed by atoms with E-state index in [1.807, 2.05) is 0 Å². The van der Waals surface area contributed by atoms with Crippen LogP contribution in [-0.4, -0.2) is 49.8 Å². The summed E-state index contributed by atoms with van der Waals surface area (Å²) < 4.78 is 0. The third-order valence-corrected chi connectivity index (χ3v) is 3.08. The summed E-state index contributed by atoms with van der Waals surface area (Å²) in [5, 5.41) is 12.3. The highest BCUT2D eigenvalue weighted by Crippen LogP contribution is 2.14. The van der Waals surface area contributed by atoms with Gasteiger partial charge in [-0.2, -0.15) is 0 Å². The molecule has 84 valence electrons. The molecule has 0 aromatic rings. The monoisotopic (exact) mass is 200 g/mol. The van der Waals surface area contributed by atoms with Gasteiger partial charge in [0.1, 0.15) is 0 Å². The quantitative estimate of drug-likeness (QED) is 0.680. The van der Waals surface area contributed by atoms with Crippen molar-refractivity contribution in [2.24, 2.45) is 11.8 Å². The SMILES string of the molecule is CC(CO)CNCC1CCN(C)CC1. The molecule has 0 bridgehead atoms. The molecule has 1 aliphatic rings. The van der Waals surface area contributed by atoms with E-state index in [1.54, 1.807) is 0 Å². The second-order valence-electron chi connectivity index (χ2n) is 4.69. The Morgan fingerprint density at radius 2 is 2.07 bits per heavy atom. The van der Waals surface area contributed by atoms with Crippen molar-refractivity contribution in [3.05, 3.63) is 0 Å². The van der Waals surface area contributed by atoms with Crippen LogP contribution in [0.5, 0.6) is 0 Å². The lowest BCUT2D eigenvalue weighted by Gasteiger charge is -2.29. The van der Waals surface area contributed by atoms with E-state index in [-0.39, 0.29) is 0 Å². The summed E-state index contributed by atoms with van der Waals surface area (Å²) in [5.74, 6) is 1.23. The maximum atomic E-state index is 8.86. The Morgan fingerprint density at radius 3 is 2.64 bits per heavy atom. The Balaban J connectivity index is 2.02. The normalized spacial score (nSPS) is 22.5. The molecule has 1 heterocycles. The molecule has 1 aliphatic heterocycles. The van der Waals surface area contributed by atoms with E-state index >= 15 is 0 Å². The highest BCUT2D eigenvalue weighted by Gasteiger charge is 2.15. The minimum absolute atomic E-state index is 0.292. The predicted molar refractivity (Wildman–Crippen MR) is 59.3 cm³/mol. The second kappa shape index (κ2) is 6.38. The first-order valence-electron chi connectivity index (χ1n) is 5.72. The number of hydrogen-bond donors (Lipinski definition) is 2. The van der Waals surface area contributed by atoms with Crippen LogP contribution in [0.3, 0.4) is 0 Å². The molecule has 1 atom stereocenters. The molecular formula is C11H24N2O. The molecule has 3 heteroatoms. The summed E-state index contributed by atoms with van der Waals surface area (Å²) in [4.78, 5) is 2.40. The van der Waals surface area contributed by atoms with Gasteiger partial charge in [0.05, 0.1) is 0 Å². The highest BCUT2D eigenvalue weighted by atomic mass is 16.3. The van der Waals surface area contributed by atoms with Crippen LogP contribution < -0.4 is 5.32 Å². The van der Waals surface area contributed by atoms with Crippen LogP contribution in [0.2, 0.25) is 0 Å². The minimum Gasteiger partial charge on any atom is -0.396 e. The van der Waals surface area contributed by atoms with Crippen molar-refractivity contribution in [2.45, 2.75) is 19.8 Å². The number of nitrogens with zero attached hydrogens (tertiary/aromatic N) is 1. The van der Waals surface area contributed by atoms with Crippen molar-refractivity contribution < 1.29 is 5.11 Å². The maximum absolute atomic E-state index is 8.86. The zero-order valence-corrected chi connectivity index (χ0v) is 9.50. The Morgan fingerprint density at radius 1 is 1.43 bits per heavy atom. The van der Waals surface area contributed by atoms with E-state index < -0.39 is 0 Å². The number of nitrogens with one attached hydrogen (secondary N) is 1. The zero-order valence-electron chi connectivity index (χ0n) is 9.50. The summed E-state index contributed by atoms with van der Waals surface area (Å²) in [5.41, 5.74) is 0. The third-order valence-electron chi connectivity index (χ3n) is 3.08. The average Bonchev–Trinajstić information content (AvgIpc) is 2.21. The summed E-state index contributed by atoms with van der Waals surface area (Å²) >= 11 is 0. The van der Waals surface area contributed by atoms with Crippen molar-refractivity contribution >= 4 is 0 Å². The molecule has 0 aromatic heterocycles. The fourth-order valence-electron chi connectivity index (χ4n) is 1.86. The van der Waals surface area contributed by atoms with Gasteiger partial charge in [0.25, 0.3) is 0 Å². The smallest absolute Gasteiger partial charge is 0.0468 e. The van der Waals surface area contributed by atoms with Gasteiger partial charge in [0, 0.05) is 6.61 Å². The van der Waals surface area contributed by atoms with E-state index in [1.165, 1.54) is 25.9 Å². The fourth-order valence-corrected chi connectivity index (χ4v) is 1.86. The average molecular weight is 200 g/mol. The van der Waals surface area contributed by atoms with Crippen molar-refractivity contribution in [1.29, 1.82) is 0 Å². The molecule has 0 saturated carbocycles. The van der Waals surface area contributed by atoms with E-state index in [9.17, 15) is 0 Å². The van der Waals surface area contributed by atoms with E-state index in [2.05, 4.69) is 24.2 Å². The van der Waals surface area contributed by atoms with Crippen LogP contribution in [0.15, 0.2) is 0 Å². The Labute approximate surface area is 87.5 Å². The number of piperidine rings is 1. The molecule has 0 spiro atoms. The number of rotatable bonds is 5. The molecule has 0 radical (unpaired) electrons. The lowest BCUT2D eigenvalue weighted by molar-refractivity contribution is 0.205. The van der Waals surface area contributed by atoms with Crippen molar-refractivity contribution in [3.63, 3.8) is 0 Å². The van der Waals surface area contributed by atoms with E-state index in [0.717, 1.165) is 19.0 Å². The van der Waals surface area contributed by atoms with Gasteiger partial charge >= 0.3 is 0 Å². The van der Waals surface area contributed by atoms with Crippen LogP contribution in [0.1, 0.15) is 19.8 Å². The van der Waals surface area contributed by atoms with Crippen LogP contribution in [0.4, 0.5) is 0 Å². The molecule has 1 saturated heterocycles. The Bertz CT molecular complexity index is 144. The van der Waals surface area contributed by atoms with Crippen molar-refractivity contribution in [1.82, 2.24) is 10.2 Å². The number of likely N-dealkylation sites (tertiary alicyclic amines) is 1. The van der Waals surface area contributed by atoms with Crippen LogP contribution in [-0.2, 0) is 0 Å². The molecular weight excluding hydrogens is 176 g/mol. The van der Waals surface area contributed by atoms with Gasteiger partial charge in [-0.3, -0.25) is 0 Å². The van der Waals surface area contributed by atoms with Gasteiger partial charge < -0.3 is 15.3 Å². The van der Waals surface area contributed by atoms with Gasteiger partial charge in [0.2, 0.25) is 0 Å². The number of aliphatic hydroxyl groups is 1. The summed E-state index contributed by atoms with van der Waals surface area (Å²) in [7, 11) is 2.19. The fraction of sp³-hybridized carbons (Fsp3) is 1.00. The molecule has 2 N–H and O–H groups in total. The summed E-state index contributed by atoms with van der Waals surface area (Å²) in [6, 6.07) is 0. The van der Waals surface area contributed by atoms with E-state index in [4.69, 9.17) is 5.11 Å². The Hall–Kier alpha value is -0.120. The lowest BCUT2D eigenvalue weighted by atomic mass is 9.97. The lowest BCUT2D eigenvalue weighted by Crippen LogP contribution is -2.36. The summed E-state index contributed by atoms with van der Waals surface area (Å²) in [6.45, 7) is 6.91. The second-order valence-corrected chi connectivity index (χ2v) is 4.69. The van der Waals surface area contributed by atoms with Crippen molar-refractivity contribution in [3.8, 4) is 0 Å². The van der Waals surface area contributed by atoms with Crippen LogP contribution in [0, 0.1) is 11.8 Å². The standard InChI is InChI=1S/C11H24N2O/c1-10(9-14)7-12-8-11-3-5-13(2)6-4-11/h10-12,14H,3-9H2,1-2H3. The highest BCUT2D eigenvalue weighted by molar-refractivity contribution is 4.72. The van der Waals surface area contributed by atoms with Gasteiger partial charge in [0.15, 0.2) is 0 Å². The van der Waals surface area contributed by atoms with Crippen LogP contribution >= 0.6 is 0 Å². The van der Waals surface area contributed by atoms with Gasteiger partial charge in [-0.1, -0.05) is 6.92 Å². The first-order valence-corrected chi connectivity index (χ1v) is 5.72. The predicted octanol–water partition coefficient (Wildman–Crippen LogP) is 0.546. The molecule has 0 amide bonds. The molecule has 1 rings (SSSR count). The maximum Gasteiger partial charge on any atom is 0.0468 e. The van der Waals surface area contributed by atoms with Gasteiger partial charge in [-0.05, 0) is 57.9 Å². The molecule has 0 aromatic carbocycles. The first kappa shape index (κ1) is 12.0. The molecule has 0 aliphatic carbocycles. The minimum atomic E-state index is 0.292. The van der Waals surface area contributed by atoms with E-state index in [0.29, 0.717) is 12.5 Å². The topological polar surface area (TPSA) is 35.5 Å². The molecule has 3 nitrogen and oxygen atoms in total. The molecule has 1 fully saturated rings. The van der Waals surface area contributed by atoms with Gasteiger partial charge in [-0.15, -0.1) is 0 Å². The zero-order chi connectivity index (χ0) is 10.4. The summed E-state index contributed by atoms with van der Waals surface area (Å²) in [6.07, 6.45) is 2.63. The molecule has 14 heavy (non-hydrogen) atoms. The first-order chi connectivity index (χ1) is 6.72. The third kappa shape index (κ3) is 4.40. The van der Waals surface area contributed by atoms with Gasteiger partial charge in [-0.25, -0.2) is 0 Å². The molecule has 1 unspecified atom stereocenters. The number of aliphatic hydroxyl groups excluding tert-OH is 1. The largest absolute Gasteiger partial charge is 0.396 e.